The van der Waals surface area contributed by atoms with E-state index in [1.807, 2.05) is 25.1 Å². The number of ether oxygens (including phenoxy) is 2. The van der Waals surface area contributed by atoms with Gasteiger partial charge in [0.15, 0.2) is 0 Å². The van der Waals surface area contributed by atoms with Crippen LogP contribution in [0.15, 0.2) is 18.2 Å². The fraction of sp³-hybridized carbons (Fsp3) is 0.615. The second kappa shape index (κ2) is 12.8. The molecule has 1 aliphatic rings. The molecule has 1 fully saturated rings. The van der Waals surface area contributed by atoms with E-state index in [4.69, 9.17) is 15.2 Å². The first-order chi connectivity index (χ1) is 16.4. The number of hydrogen-bond donors (Lipinski definition) is 2. The van der Waals surface area contributed by atoms with Crippen molar-refractivity contribution in [2.24, 2.45) is 0 Å². The highest BCUT2D eigenvalue weighted by Gasteiger charge is 2.15. The van der Waals surface area contributed by atoms with Gasteiger partial charge in [-0.05, 0) is 45.4 Å². The number of methoxy groups -OCH3 is 1. The monoisotopic (exact) mass is 470 g/mol. The fourth-order valence-corrected chi connectivity index (χ4v) is 4.33. The minimum atomic E-state index is 0.309. The number of benzene rings is 1. The van der Waals surface area contributed by atoms with Gasteiger partial charge in [-0.2, -0.15) is 4.98 Å². The van der Waals surface area contributed by atoms with Crippen LogP contribution in [0.1, 0.15) is 49.9 Å². The SMILES string of the molecule is CCCC(C)Nc1nc(C)c(Cc2ccc(OCCCN3CCN(C)CC3)cc2OC)c(N)n1. The molecule has 1 unspecified atom stereocenters. The normalized spacial score (nSPS) is 15.8. The molecule has 2 aromatic rings. The summed E-state index contributed by atoms with van der Waals surface area (Å²) in [6.45, 7) is 12.6. The molecule has 0 radical (unpaired) electrons. The quantitative estimate of drug-likeness (QED) is 0.455. The van der Waals surface area contributed by atoms with Crippen molar-refractivity contribution in [2.45, 2.75) is 52.5 Å². The van der Waals surface area contributed by atoms with Crippen molar-refractivity contribution in [2.75, 3.05) is 64.5 Å². The molecule has 2 heterocycles. The third-order valence-electron chi connectivity index (χ3n) is 6.45. The summed E-state index contributed by atoms with van der Waals surface area (Å²) >= 11 is 0. The highest BCUT2D eigenvalue weighted by molar-refractivity contribution is 5.52. The summed E-state index contributed by atoms with van der Waals surface area (Å²) in [5.74, 6) is 2.70. The van der Waals surface area contributed by atoms with E-state index in [2.05, 4.69) is 46.0 Å². The van der Waals surface area contributed by atoms with Crippen LogP contribution in [-0.2, 0) is 6.42 Å². The lowest BCUT2D eigenvalue weighted by Crippen LogP contribution is -2.44. The number of hydrogen-bond acceptors (Lipinski definition) is 8. The zero-order valence-corrected chi connectivity index (χ0v) is 21.6. The van der Waals surface area contributed by atoms with Gasteiger partial charge in [0.2, 0.25) is 5.95 Å². The Kier molecular flexibility index (Phi) is 9.77. The number of rotatable bonds is 12. The van der Waals surface area contributed by atoms with Crippen LogP contribution in [0.3, 0.4) is 0 Å². The first-order valence-corrected chi connectivity index (χ1v) is 12.5. The number of aromatic nitrogens is 2. The molecular weight excluding hydrogens is 428 g/mol. The summed E-state index contributed by atoms with van der Waals surface area (Å²) in [7, 11) is 3.87. The molecule has 3 rings (SSSR count). The van der Waals surface area contributed by atoms with Crippen molar-refractivity contribution in [1.29, 1.82) is 0 Å². The summed E-state index contributed by atoms with van der Waals surface area (Å²) in [5, 5.41) is 3.34. The van der Waals surface area contributed by atoms with Gasteiger partial charge in [-0.25, -0.2) is 4.98 Å². The molecule has 34 heavy (non-hydrogen) atoms. The Morgan fingerprint density at radius 1 is 1.18 bits per heavy atom. The van der Waals surface area contributed by atoms with E-state index in [-0.39, 0.29) is 0 Å². The number of aryl methyl sites for hydroxylation is 1. The van der Waals surface area contributed by atoms with Gasteiger partial charge in [-0.1, -0.05) is 19.4 Å². The van der Waals surface area contributed by atoms with Crippen LogP contribution < -0.4 is 20.5 Å². The van der Waals surface area contributed by atoms with Crippen molar-refractivity contribution in [3.8, 4) is 11.5 Å². The fourth-order valence-electron chi connectivity index (χ4n) is 4.33. The average molecular weight is 471 g/mol. The number of likely N-dealkylation sites (N-methyl/N-ethyl adjacent to an activating group) is 1. The van der Waals surface area contributed by atoms with Crippen molar-refractivity contribution in [1.82, 2.24) is 19.8 Å². The Balaban J connectivity index is 1.58. The van der Waals surface area contributed by atoms with Gasteiger partial charge < -0.3 is 30.3 Å². The Bertz CT molecular complexity index is 891. The Morgan fingerprint density at radius 2 is 1.94 bits per heavy atom. The van der Waals surface area contributed by atoms with Crippen LogP contribution in [0.2, 0.25) is 0 Å². The number of nitrogen functional groups attached to an aromatic ring is 1. The topological polar surface area (TPSA) is 88.8 Å². The molecule has 8 heteroatoms. The molecule has 188 valence electrons. The summed E-state index contributed by atoms with van der Waals surface area (Å²) < 4.78 is 11.7. The molecule has 3 N–H and O–H groups in total. The number of nitrogens with one attached hydrogen (secondary N) is 1. The van der Waals surface area contributed by atoms with Crippen molar-refractivity contribution < 1.29 is 9.47 Å². The maximum Gasteiger partial charge on any atom is 0.225 e. The molecule has 1 aromatic heterocycles. The third-order valence-corrected chi connectivity index (χ3v) is 6.45. The summed E-state index contributed by atoms with van der Waals surface area (Å²) in [6.07, 6.45) is 3.79. The van der Waals surface area contributed by atoms with Gasteiger partial charge in [-0.3, -0.25) is 0 Å². The van der Waals surface area contributed by atoms with Crippen LogP contribution in [0, 0.1) is 6.92 Å². The molecule has 0 bridgehead atoms. The maximum atomic E-state index is 6.33. The second-order valence-electron chi connectivity index (χ2n) is 9.33. The Labute approximate surface area is 204 Å². The summed E-state index contributed by atoms with van der Waals surface area (Å²) in [5.41, 5.74) is 9.16. The molecule has 0 saturated carbocycles. The minimum absolute atomic E-state index is 0.309. The minimum Gasteiger partial charge on any atom is -0.496 e. The number of nitrogens with two attached hydrogens (primary N) is 1. The molecule has 1 aliphatic heterocycles. The average Bonchev–Trinajstić information content (AvgIpc) is 2.81. The first-order valence-electron chi connectivity index (χ1n) is 12.5. The van der Waals surface area contributed by atoms with Crippen LogP contribution in [0.5, 0.6) is 11.5 Å². The number of anilines is 2. The third kappa shape index (κ3) is 7.46. The van der Waals surface area contributed by atoms with Crippen LogP contribution in [0.4, 0.5) is 11.8 Å². The predicted molar refractivity (Wildman–Crippen MR) is 139 cm³/mol. The standard InChI is InChI=1S/C26H42N6O2/c1-6-8-19(2)28-26-29-20(3)23(25(27)30-26)17-21-9-10-22(18-24(21)33-5)34-16-7-11-32-14-12-31(4)13-15-32/h9-10,18-19H,6-8,11-17H2,1-5H3,(H3,27,28,29,30). The highest BCUT2D eigenvalue weighted by atomic mass is 16.5. The van der Waals surface area contributed by atoms with E-state index < -0.39 is 0 Å². The first kappa shape index (κ1) is 26.0. The van der Waals surface area contributed by atoms with Crippen molar-refractivity contribution in [3.63, 3.8) is 0 Å². The predicted octanol–water partition coefficient (Wildman–Crippen LogP) is 3.58. The van der Waals surface area contributed by atoms with Gasteiger partial charge in [-0.15, -0.1) is 0 Å². The molecular formula is C26H42N6O2. The van der Waals surface area contributed by atoms with Gasteiger partial charge in [0.05, 0.1) is 13.7 Å². The number of nitrogens with zero attached hydrogens (tertiary/aromatic N) is 4. The van der Waals surface area contributed by atoms with Gasteiger partial charge >= 0.3 is 0 Å². The Morgan fingerprint density at radius 3 is 2.62 bits per heavy atom. The summed E-state index contributed by atoms with van der Waals surface area (Å²) in [4.78, 5) is 14.0. The van der Waals surface area contributed by atoms with Crippen LogP contribution >= 0.6 is 0 Å². The van der Waals surface area contributed by atoms with Crippen LogP contribution in [-0.4, -0.2) is 79.3 Å². The lowest BCUT2D eigenvalue weighted by molar-refractivity contribution is 0.145. The molecule has 0 amide bonds. The van der Waals surface area contributed by atoms with E-state index >= 15 is 0 Å². The molecule has 0 aliphatic carbocycles. The van der Waals surface area contributed by atoms with E-state index in [0.717, 1.165) is 80.3 Å². The van der Waals surface area contributed by atoms with Gasteiger partial charge in [0, 0.05) is 62.5 Å². The lowest BCUT2D eigenvalue weighted by atomic mass is 10.0. The van der Waals surface area contributed by atoms with Gasteiger partial charge in [0.1, 0.15) is 17.3 Å². The van der Waals surface area contributed by atoms with E-state index in [1.165, 1.54) is 0 Å². The van der Waals surface area contributed by atoms with Gasteiger partial charge in [0.25, 0.3) is 0 Å². The van der Waals surface area contributed by atoms with E-state index in [9.17, 15) is 0 Å². The molecule has 1 aromatic carbocycles. The summed E-state index contributed by atoms with van der Waals surface area (Å²) in [6, 6.07) is 6.31. The van der Waals surface area contributed by atoms with E-state index in [1.54, 1.807) is 7.11 Å². The lowest BCUT2D eigenvalue weighted by Gasteiger charge is -2.32. The van der Waals surface area contributed by atoms with Crippen molar-refractivity contribution in [3.05, 3.63) is 35.0 Å². The zero-order chi connectivity index (χ0) is 24.5. The highest BCUT2D eigenvalue weighted by Crippen LogP contribution is 2.29. The Hall–Kier alpha value is -2.58. The smallest absolute Gasteiger partial charge is 0.225 e. The van der Waals surface area contributed by atoms with E-state index in [0.29, 0.717) is 30.8 Å². The largest absolute Gasteiger partial charge is 0.496 e. The molecule has 8 nitrogen and oxygen atoms in total. The second-order valence-corrected chi connectivity index (χ2v) is 9.33. The van der Waals surface area contributed by atoms with Crippen LogP contribution in [0.25, 0.3) is 0 Å². The van der Waals surface area contributed by atoms with Crippen molar-refractivity contribution >= 4 is 11.8 Å². The molecule has 1 atom stereocenters. The molecule has 1 saturated heterocycles. The zero-order valence-electron chi connectivity index (χ0n) is 21.6. The maximum absolute atomic E-state index is 6.33. The number of piperazine rings is 1. The molecule has 0 spiro atoms.